The fourth-order valence-corrected chi connectivity index (χ4v) is 1.62. The Morgan fingerprint density at radius 1 is 1.22 bits per heavy atom. The Morgan fingerprint density at radius 2 is 1.72 bits per heavy atom. The molecule has 0 saturated heterocycles. The smallest absolute Gasteiger partial charge is 0.250 e. The SMILES string of the molecule is CC(C)(C)C(=O)C(Cl)C(=O)Nc1ccc(F)cc1. The molecule has 1 rings (SSSR count). The minimum atomic E-state index is -1.25. The maximum absolute atomic E-state index is 12.7. The van der Waals surface area contributed by atoms with Crippen LogP contribution in [0.25, 0.3) is 0 Å². The molecular weight excluding hydrogens is 257 g/mol. The predicted octanol–water partition coefficient (Wildman–Crippen LogP) is 2.99. The number of carbonyl (C=O) groups is 2. The molecule has 0 bridgehead atoms. The van der Waals surface area contributed by atoms with Crippen LogP contribution in [0, 0.1) is 11.2 Å². The van der Waals surface area contributed by atoms with Crippen LogP contribution in [-0.2, 0) is 9.59 Å². The molecule has 0 aromatic heterocycles. The third kappa shape index (κ3) is 3.81. The number of alkyl halides is 1. The summed E-state index contributed by atoms with van der Waals surface area (Å²) in [4.78, 5) is 23.5. The van der Waals surface area contributed by atoms with Gasteiger partial charge in [-0.15, -0.1) is 11.6 Å². The molecule has 5 heteroatoms. The van der Waals surface area contributed by atoms with E-state index in [9.17, 15) is 14.0 Å². The van der Waals surface area contributed by atoms with Crippen molar-refractivity contribution in [3.8, 4) is 0 Å². The highest BCUT2D eigenvalue weighted by Gasteiger charge is 2.33. The van der Waals surface area contributed by atoms with Crippen LogP contribution >= 0.6 is 11.6 Å². The molecule has 0 aliphatic carbocycles. The van der Waals surface area contributed by atoms with Crippen molar-refractivity contribution in [3.05, 3.63) is 30.1 Å². The van der Waals surface area contributed by atoms with E-state index in [1.54, 1.807) is 20.8 Å². The summed E-state index contributed by atoms with van der Waals surface area (Å²) in [6.45, 7) is 5.07. The van der Waals surface area contributed by atoms with Crippen molar-refractivity contribution in [2.45, 2.75) is 26.1 Å². The fourth-order valence-electron chi connectivity index (χ4n) is 1.24. The average Bonchev–Trinajstić information content (AvgIpc) is 2.29. The maximum atomic E-state index is 12.7. The van der Waals surface area contributed by atoms with Crippen LogP contribution in [0.1, 0.15) is 20.8 Å². The van der Waals surface area contributed by atoms with Gasteiger partial charge in [-0.05, 0) is 24.3 Å². The molecule has 0 fully saturated rings. The standard InChI is InChI=1S/C13H15ClFNO2/c1-13(2,3)11(17)10(14)12(18)16-9-6-4-8(15)5-7-9/h4-7,10H,1-3H3,(H,16,18). The second-order valence-corrected chi connectivity index (χ2v) is 5.41. The number of benzene rings is 1. The van der Waals surface area contributed by atoms with E-state index in [4.69, 9.17) is 11.6 Å². The third-order valence-electron chi connectivity index (χ3n) is 2.31. The number of amides is 1. The van der Waals surface area contributed by atoms with Crippen LogP contribution in [0.2, 0.25) is 0 Å². The van der Waals surface area contributed by atoms with E-state index in [0.29, 0.717) is 5.69 Å². The average molecular weight is 272 g/mol. The molecule has 1 atom stereocenters. The Balaban J connectivity index is 2.71. The van der Waals surface area contributed by atoms with Crippen LogP contribution in [0.3, 0.4) is 0 Å². The number of halogens is 2. The van der Waals surface area contributed by atoms with E-state index in [0.717, 1.165) is 0 Å². The van der Waals surface area contributed by atoms with Crippen LogP contribution in [-0.4, -0.2) is 17.1 Å². The molecule has 0 saturated carbocycles. The maximum Gasteiger partial charge on any atom is 0.250 e. The second-order valence-electron chi connectivity index (χ2n) is 4.97. The number of rotatable bonds is 3. The molecular formula is C13H15ClFNO2. The molecule has 0 aliphatic rings. The van der Waals surface area contributed by atoms with Crippen molar-refractivity contribution in [1.82, 2.24) is 0 Å². The van der Waals surface area contributed by atoms with E-state index >= 15 is 0 Å². The van der Waals surface area contributed by atoms with Crippen molar-refractivity contribution < 1.29 is 14.0 Å². The number of ketones is 1. The van der Waals surface area contributed by atoms with Gasteiger partial charge < -0.3 is 5.32 Å². The van der Waals surface area contributed by atoms with Gasteiger partial charge in [-0.2, -0.15) is 0 Å². The summed E-state index contributed by atoms with van der Waals surface area (Å²) in [5.74, 6) is -1.37. The number of Topliss-reactive ketones (excluding diaryl/α,β-unsaturated/α-hetero) is 1. The van der Waals surface area contributed by atoms with Crippen LogP contribution in [0.15, 0.2) is 24.3 Å². The Morgan fingerprint density at radius 3 is 2.17 bits per heavy atom. The number of anilines is 1. The Labute approximate surface area is 110 Å². The summed E-state index contributed by atoms with van der Waals surface area (Å²) in [6, 6.07) is 5.23. The lowest BCUT2D eigenvalue weighted by atomic mass is 9.88. The van der Waals surface area contributed by atoms with Crippen molar-refractivity contribution in [2.75, 3.05) is 5.32 Å². The summed E-state index contributed by atoms with van der Waals surface area (Å²) < 4.78 is 12.7. The van der Waals surface area contributed by atoms with E-state index in [1.165, 1.54) is 24.3 Å². The first-order chi connectivity index (χ1) is 8.21. The van der Waals surface area contributed by atoms with Gasteiger partial charge in [0.25, 0.3) is 0 Å². The summed E-state index contributed by atoms with van der Waals surface area (Å²) in [5, 5.41) is 1.21. The lowest BCUT2D eigenvalue weighted by Crippen LogP contribution is -2.37. The van der Waals surface area contributed by atoms with Gasteiger partial charge in [0, 0.05) is 11.1 Å². The quantitative estimate of drug-likeness (QED) is 0.679. The topological polar surface area (TPSA) is 46.2 Å². The normalized spacial score (nSPS) is 12.9. The van der Waals surface area contributed by atoms with Crippen LogP contribution in [0.5, 0.6) is 0 Å². The van der Waals surface area contributed by atoms with Crippen LogP contribution < -0.4 is 5.32 Å². The summed E-state index contributed by atoms with van der Waals surface area (Å²) in [7, 11) is 0. The summed E-state index contributed by atoms with van der Waals surface area (Å²) in [6.07, 6.45) is 0. The molecule has 0 heterocycles. The molecule has 0 radical (unpaired) electrons. The van der Waals surface area contributed by atoms with Gasteiger partial charge in [0.2, 0.25) is 5.91 Å². The van der Waals surface area contributed by atoms with Gasteiger partial charge >= 0.3 is 0 Å². The number of carbonyl (C=O) groups excluding carboxylic acids is 2. The zero-order chi connectivity index (χ0) is 13.9. The molecule has 0 spiro atoms. The monoisotopic (exact) mass is 271 g/mol. The van der Waals surface area contributed by atoms with Gasteiger partial charge in [0.15, 0.2) is 11.2 Å². The Kier molecular flexibility index (Phi) is 4.46. The first kappa shape index (κ1) is 14.6. The number of hydrogen-bond donors (Lipinski definition) is 1. The van der Waals surface area contributed by atoms with Crippen molar-refractivity contribution >= 4 is 29.0 Å². The summed E-state index contributed by atoms with van der Waals surface area (Å²) >= 11 is 5.81. The Hall–Kier alpha value is -1.42. The first-order valence-electron chi connectivity index (χ1n) is 5.46. The first-order valence-corrected chi connectivity index (χ1v) is 5.90. The molecule has 1 aromatic carbocycles. The highest BCUT2D eigenvalue weighted by atomic mass is 35.5. The van der Waals surface area contributed by atoms with E-state index in [1.807, 2.05) is 0 Å². The van der Waals surface area contributed by atoms with Gasteiger partial charge in [-0.25, -0.2) is 4.39 Å². The zero-order valence-corrected chi connectivity index (χ0v) is 11.2. The molecule has 3 nitrogen and oxygen atoms in total. The highest BCUT2D eigenvalue weighted by Crippen LogP contribution is 2.20. The van der Waals surface area contributed by atoms with E-state index < -0.39 is 22.5 Å². The molecule has 18 heavy (non-hydrogen) atoms. The van der Waals surface area contributed by atoms with Crippen molar-refractivity contribution in [2.24, 2.45) is 5.41 Å². The zero-order valence-electron chi connectivity index (χ0n) is 10.5. The molecule has 1 N–H and O–H groups in total. The van der Waals surface area contributed by atoms with Gasteiger partial charge in [-0.1, -0.05) is 20.8 Å². The minimum absolute atomic E-state index is 0.358. The number of hydrogen-bond acceptors (Lipinski definition) is 2. The van der Waals surface area contributed by atoms with Crippen molar-refractivity contribution in [1.29, 1.82) is 0 Å². The highest BCUT2D eigenvalue weighted by molar-refractivity contribution is 6.43. The molecule has 1 unspecified atom stereocenters. The second kappa shape index (κ2) is 5.48. The minimum Gasteiger partial charge on any atom is -0.324 e. The van der Waals surface area contributed by atoms with Gasteiger partial charge in [-0.3, -0.25) is 9.59 Å². The van der Waals surface area contributed by atoms with Crippen molar-refractivity contribution in [3.63, 3.8) is 0 Å². The fraction of sp³-hybridized carbons (Fsp3) is 0.385. The van der Waals surface area contributed by atoms with E-state index in [2.05, 4.69) is 5.32 Å². The Bertz CT molecular complexity index is 451. The summed E-state index contributed by atoms with van der Waals surface area (Å²) in [5.41, 5.74) is -0.291. The largest absolute Gasteiger partial charge is 0.324 e. The van der Waals surface area contributed by atoms with Gasteiger partial charge in [0.1, 0.15) is 5.82 Å². The predicted molar refractivity (Wildman–Crippen MR) is 69.1 cm³/mol. The lowest BCUT2D eigenvalue weighted by molar-refractivity contribution is -0.130. The number of nitrogens with one attached hydrogen (secondary N) is 1. The lowest BCUT2D eigenvalue weighted by Gasteiger charge is -2.19. The molecule has 98 valence electrons. The molecule has 1 aromatic rings. The van der Waals surface area contributed by atoms with Gasteiger partial charge in [0.05, 0.1) is 0 Å². The molecule has 0 aliphatic heterocycles. The molecule has 1 amide bonds. The van der Waals surface area contributed by atoms with E-state index in [-0.39, 0.29) is 5.78 Å². The third-order valence-corrected chi connectivity index (χ3v) is 2.71. The van der Waals surface area contributed by atoms with Crippen LogP contribution in [0.4, 0.5) is 10.1 Å².